The summed E-state index contributed by atoms with van der Waals surface area (Å²) in [6.07, 6.45) is 2.24. The van der Waals surface area contributed by atoms with Gasteiger partial charge in [0.25, 0.3) is 0 Å². The van der Waals surface area contributed by atoms with Crippen molar-refractivity contribution in [3.05, 3.63) is 35.6 Å². The molecule has 1 aromatic carbocycles. The molecule has 5 heteroatoms. The zero-order valence-electron chi connectivity index (χ0n) is 13.0. The van der Waals surface area contributed by atoms with Gasteiger partial charge in [0.05, 0.1) is 6.04 Å². The Morgan fingerprint density at radius 2 is 2.23 bits per heavy atom. The monoisotopic (exact) mass is 318 g/mol. The lowest BCUT2D eigenvalue weighted by Gasteiger charge is -2.23. The first kappa shape index (κ1) is 15.3. The van der Waals surface area contributed by atoms with Crippen molar-refractivity contribution in [3.8, 4) is 0 Å². The number of fused-ring (bicyclic) bond motifs is 1. The van der Waals surface area contributed by atoms with Gasteiger partial charge in [-0.1, -0.05) is 18.2 Å². The number of hydrogen-bond donors (Lipinski definition) is 2. The molecule has 2 aromatic rings. The minimum atomic E-state index is -0.149. The molecule has 0 bridgehead atoms. The van der Waals surface area contributed by atoms with Crippen LogP contribution in [0.1, 0.15) is 37.1 Å². The zero-order chi connectivity index (χ0) is 15.5. The fourth-order valence-electron chi connectivity index (χ4n) is 2.95. The molecule has 2 heterocycles. The number of furan rings is 1. The summed E-state index contributed by atoms with van der Waals surface area (Å²) < 4.78 is 5.90. The highest BCUT2D eigenvalue weighted by Crippen LogP contribution is 2.29. The Labute approximate surface area is 135 Å². The molecule has 1 aromatic heterocycles. The average Bonchev–Trinajstić information content (AvgIpc) is 2.86. The molecule has 2 amide bonds. The molecular weight excluding hydrogens is 296 g/mol. The summed E-state index contributed by atoms with van der Waals surface area (Å²) in [5, 5.41) is 7.16. The Bertz CT molecular complexity index is 662. The minimum absolute atomic E-state index is 0.111. The van der Waals surface area contributed by atoms with Gasteiger partial charge in [-0.15, -0.1) is 0 Å². The van der Waals surface area contributed by atoms with E-state index in [-0.39, 0.29) is 18.1 Å². The highest BCUT2D eigenvalue weighted by molar-refractivity contribution is 7.99. The van der Waals surface area contributed by atoms with Crippen molar-refractivity contribution in [2.24, 2.45) is 0 Å². The molecule has 0 radical (unpaired) electrons. The Balaban J connectivity index is 1.66. The number of carbonyl (C=O) groups excluding carboxylic acids is 1. The first-order valence-electron chi connectivity index (χ1n) is 7.78. The molecule has 1 aliphatic rings. The van der Waals surface area contributed by atoms with Crippen molar-refractivity contribution in [1.29, 1.82) is 0 Å². The Hall–Kier alpha value is -1.62. The molecule has 0 aliphatic carbocycles. The molecular formula is C17H22N2O2S. The summed E-state index contributed by atoms with van der Waals surface area (Å²) in [4.78, 5) is 12.1. The largest absolute Gasteiger partial charge is 0.459 e. The zero-order valence-corrected chi connectivity index (χ0v) is 13.8. The molecule has 2 unspecified atom stereocenters. The Morgan fingerprint density at radius 1 is 1.41 bits per heavy atom. The maximum Gasteiger partial charge on any atom is 0.315 e. The van der Waals surface area contributed by atoms with Crippen LogP contribution < -0.4 is 10.6 Å². The van der Waals surface area contributed by atoms with E-state index >= 15 is 0 Å². The van der Waals surface area contributed by atoms with Gasteiger partial charge in [-0.05, 0) is 38.5 Å². The molecule has 1 fully saturated rings. The van der Waals surface area contributed by atoms with Crippen LogP contribution in [0.4, 0.5) is 4.79 Å². The van der Waals surface area contributed by atoms with E-state index in [0.29, 0.717) is 0 Å². The molecule has 1 saturated heterocycles. The van der Waals surface area contributed by atoms with Crippen LogP contribution in [-0.2, 0) is 0 Å². The lowest BCUT2D eigenvalue weighted by Crippen LogP contribution is -2.45. The molecule has 0 spiro atoms. The van der Waals surface area contributed by atoms with E-state index in [1.54, 1.807) is 0 Å². The smallest absolute Gasteiger partial charge is 0.315 e. The number of para-hydroxylation sites is 1. The van der Waals surface area contributed by atoms with Gasteiger partial charge in [0.15, 0.2) is 0 Å². The topological polar surface area (TPSA) is 54.3 Å². The lowest BCUT2D eigenvalue weighted by molar-refractivity contribution is 0.232. The van der Waals surface area contributed by atoms with Crippen LogP contribution in [0.5, 0.6) is 0 Å². The van der Waals surface area contributed by atoms with Crippen molar-refractivity contribution in [1.82, 2.24) is 10.6 Å². The quantitative estimate of drug-likeness (QED) is 0.899. The van der Waals surface area contributed by atoms with Crippen molar-refractivity contribution in [2.45, 2.75) is 38.8 Å². The number of urea groups is 1. The standard InChI is InChI=1S/C17H22N2O2S/c1-11-14-7-3-4-8-15(14)21-16(11)12(2)18-17(20)19-13-6-5-9-22-10-13/h3-4,7-8,12-13H,5-6,9-10H2,1-2H3,(H2,18,19,20). The van der Waals surface area contributed by atoms with Gasteiger partial charge >= 0.3 is 6.03 Å². The van der Waals surface area contributed by atoms with Gasteiger partial charge in [-0.3, -0.25) is 0 Å². The molecule has 118 valence electrons. The summed E-state index contributed by atoms with van der Waals surface area (Å²) >= 11 is 1.90. The van der Waals surface area contributed by atoms with Crippen LogP contribution in [0.25, 0.3) is 11.0 Å². The SMILES string of the molecule is Cc1c(C(C)NC(=O)NC2CCCSC2)oc2ccccc12. The second kappa shape index (κ2) is 6.65. The van der Waals surface area contributed by atoms with Gasteiger partial charge in [0, 0.05) is 22.7 Å². The number of benzene rings is 1. The Morgan fingerprint density at radius 3 is 2.95 bits per heavy atom. The van der Waals surface area contributed by atoms with E-state index in [1.807, 2.05) is 49.9 Å². The van der Waals surface area contributed by atoms with Crippen molar-refractivity contribution < 1.29 is 9.21 Å². The van der Waals surface area contributed by atoms with Gasteiger partial charge in [-0.2, -0.15) is 11.8 Å². The van der Waals surface area contributed by atoms with Crippen LogP contribution >= 0.6 is 11.8 Å². The van der Waals surface area contributed by atoms with E-state index in [1.165, 1.54) is 12.2 Å². The van der Waals surface area contributed by atoms with Crippen LogP contribution in [0, 0.1) is 6.92 Å². The number of amides is 2. The first-order chi connectivity index (χ1) is 10.6. The van der Waals surface area contributed by atoms with E-state index in [2.05, 4.69) is 10.6 Å². The minimum Gasteiger partial charge on any atom is -0.459 e. The van der Waals surface area contributed by atoms with Gasteiger partial charge in [0.1, 0.15) is 11.3 Å². The molecule has 3 rings (SSSR count). The normalized spacial score (nSPS) is 19.8. The average molecular weight is 318 g/mol. The van der Waals surface area contributed by atoms with Crippen LogP contribution in [-0.4, -0.2) is 23.6 Å². The third-order valence-corrected chi connectivity index (χ3v) is 5.33. The lowest BCUT2D eigenvalue weighted by atomic mass is 10.1. The maximum atomic E-state index is 12.1. The van der Waals surface area contributed by atoms with Crippen molar-refractivity contribution >= 4 is 28.8 Å². The second-order valence-electron chi connectivity index (χ2n) is 5.84. The highest BCUT2D eigenvalue weighted by atomic mass is 32.2. The van der Waals surface area contributed by atoms with Gasteiger partial charge in [-0.25, -0.2) is 4.79 Å². The molecule has 4 nitrogen and oxygen atoms in total. The predicted octanol–water partition coefficient (Wildman–Crippen LogP) is 4.00. The number of rotatable bonds is 3. The Kier molecular flexibility index (Phi) is 4.62. The highest BCUT2D eigenvalue weighted by Gasteiger charge is 2.20. The number of nitrogens with one attached hydrogen (secondary N) is 2. The van der Waals surface area contributed by atoms with E-state index < -0.39 is 0 Å². The summed E-state index contributed by atoms with van der Waals surface area (Å²) in [6.45, 7) is 3.99. The number of thioether (sulfide) groups is 1. The van der Waals surface area contributed by atoms with Crippen LogP contribution in [0.15, 0.2) is 28.7 Å². The summed E-state index contributed by atoms with van der Waals surface area (Å²) in [5.74, 6) is 3.04. The molecule has 1 aliphatic heterocycles. The van der Waals surface area contributed by atoms with Crippen LogP contribution in [0.2, 0.25) is 0 Å². The van der Waals surface area contributed by atoms with Crippen molar-refractivity contribution in [2.75, 3.05) is 11.5 Å². The second-order valence-corrected chi connectivity index (χ2v) is 6.99. The van der Waals surface area contributed by atoms with Crippen LogP contribution in [0.3, 0.4) is 0 Å². The maximum absolute atomic E-state index is 12.1. The summed E-state index contributed by atoms with van der Waals surface area (Å²) in [7, 11) is 0. The summed E-state index contributed by atoms with van der Waals surface area (Å²) in [5.41, 5.74) is 1.96. The molecule has 0 saturated carbocycles. The van der Waals surface area contributed by atoms with E-state index in [4.69, 9.17) is 4.42 Å². The molecule has 2 N–H and O–H groups in total. The number of hydrogen-bond acceptors (Lipinski definition) is 3. The number of aryl methyl sites for hydroxylation is 1. The van der Waals surface area contributed by atoms with E-state index in [9.17, 15) is 4.79 Å². The van der Waals surface area contributed by atoms with Gasteiger partial charge < -0.3 is 15.1 Å². The predicted molar refractivity (Wildman–Crippen MR) is 91.4 cm³/mol. The third kappa shape index (κ3) is 3.24. The number of carbonyl (C=O) groups is 1. The molecule has 22 heavy (non-hydrogen) atoms. The summed E-state index contributed by atoms with van der Waals surface area (Å²) in [6, 6.07) is 7.98. The van der Waals surface area contributed by atoms with E-state index in [0.717, 1.165) is 34.5 Å². The van der Waals surface area contributed by atoms with Crippen molar-refractivity contribution in [3.63, 3.8) is 0 Å². The fraction of sp³-hybridized carbons (Fsp3) is 0.471. The first-order valence-corrected chi connectivity index (χ1v) is 8.93. The molecule has 2 atom stereocenters. The van der Waals surface area contributed by atoms with Gasteiger partial charge in [0.2, 0.25) is 0 Å². The fourth-order valence-corrected chi connectivity index (χ4v) is 4.02. The third-order valence-electron chi connectivity index (χ3n) is 4.12.